The minimum Gasteiger partial charge on any atom is -0.450 e. The topological polar surface area (TPSA) is 41.6 Å². The molecule has 1 N–H and O–H groups in total. The molecule has 0 saturated heterocycles. The smallest absolute Gasteiger partial charge is 0.411 e. The highest BCUT2D eigenvalue weighted by Crippen LogP contribution is 2.25. The lowest BCUT2D eigenvalue weighted by Gasteiger charge is -2.17. The van der Waals surface area contributed by atoms with Crippen molar-refractivity contribution in [2.45, 2.75) is 6.92 Å². The number of nitrogens with zero attached hydrogens (tertiary/aromatic N) is 1. The Balaban J connectivity index is 2.92. The molecule has 0 aromatic heterocycles. The maximum atomic E-state index is 13.0. The molecule has 0 heterocycles. The maximum absolute atomic E-state index is 13.0. The molecule has 5 heteroatoms. The van der Waals surface area contributed by atoms with Crippen LogP contribution in [-0.2, 0) is 4.74 Å². The number of nitrogens with one attached hydrogen (secondary N) is 1. The number of hydrogen-bond donors (Lipinski definition) is 1. The van der Waals surface area contributed by atoms with E-state index in [0.29, 0.717) is 5.69 Å². The molecule has 1 aromatic carbocycles. The molecule has 0 bridgehead atoms. The van der Waals surface area contributed by atoms with E-state index in [-0.39, 0.29) is 6.61 Å². The van der Waals surface area contributed by atoms with Crippen LogP contribution in [0.1, 0.15) is 6.92 Å². The van der Waals surface area contributed by atoms with E-state index in [1.54, 1.807) is 17.9 Å². The molecular weight excluding hydrogens is 211 g/mol. The molecule has 0 unspecified atom stereocenters. The van der Waals surface area contributed by atoms with Crippen molar-refractivity contribution in [2.24, 2.45) is 0 Å². The average Bonchev–Trinajstić information content (AvgIpc) is 2.17. The van der Waals surface area contributed by atoms with Gasteiger partial charge in [-0.05, 0) is 25.1 Å². The zero-order chi connectivity index (χ0) is 12.1. The zero-order valence-corrected chi connectivity index (χ0v) is 9.58. The van der Waals surface area contributed by atoms with Crippen LogP contribution in [0, 0.1) is 5.82 Å². The number of carbonyl (C=O) groups excluding carboxylic acids is 1. The molecule has 0 aliphatic heterocycles. The molecule has 4 nitrogen and oxygen atoms in total. The van der Waals surface area contributed by atoms with Crippen LogP contribution in [0.25, 0.3) is 0 Å². The van der Waals surface area contributed by atoms with Crippen molar-refractivity contribution in [3.8, 4) is 0 Å². The molecule has 88 valence electrons. The van der Waals surface area contributed by atoms with Crippen LogP contribution < -0.4 is 10.2 Å². The quantitative estimate of drug-likeness (QED) is 0.860. The second kappa shape index (κ2) is 5.34. The van der Waals surface area contributed by atoms with E-state index in [9.17, 15) is 9.18 Å². The third kappa shape index (κ3) is 3.12. The van der Waals surface area contributed by atoms with E-state index in [2.05, 4.69) is 5.32 Å². The number of benzene rings is 1. The molecule has 1 aromatic rings. The summed E-state index contributed by atoms with van der Waals surface area (Å²) in [5, 5.41) is 2.49. The fourth-order valence-electron chi connectivity index (χ4n) is 1.28. The second-order valence-corrected chi connectivity index (χ2v) is 3.40. The van der Waals surface area contributed by atoms with Crippen LogP contribution in [0.15, 0.2) is 18.2 Å². The Morgan fingerprint density at radius 3 is 2.75 bits per heavy atom. The standard InChI is InChI=1S/C11H15FN2O2/c1-4-16-11(15)13-9-7-8(12)5-6-10(9)14(2)3/h5-7H,4H2,1-3H3,(H,13,15). The number of halogens is 1. The number of rotatable bonds is 3. The Morgan fingerprint density at radius 2 is 2.19 bits per heavy atom. The number of anilines is 2. The van der Waals surface area contributed by atoms with Gasteiger partial charge in [-0.3, -0.25) is 5.32 Å². The predicted molar refractivity (Wildman–Crippen MR) is 61.4 cm³/mol. The van der Waals surface area contributed by atoms with Crippen LogP contribution >= 0.6 is 0 Å². The van der Waals surface area contributed by atoms with E-state index in [0.717, 1.165) is 5.69 Å². The summed E-state index contributed by atoms with van der Waals surface area (Å²) in [4.78, 5) is 13.0. The predicted octanol–water partition coefficient (Wildman–Crippen LogP) is 2.46. The Hall–Kier alpha value is -1.78. The Kier molecular flexibility index (Phi) is 4.10. The van der Waals surface area contributed by atoms with Crippen molar-refractivity contribution >= 4 is 17.5 Å². The van der Waals surface area contributed by atoms with E-state index in [4.69, 9.17) is 4.74 Å². The molecule has 0 atom stereocenters. The van der Waals surface area contributed by atoms with Crippen molar-refractivity contribution in [1.29, 1.82) is 0 Å². The van der Waals surface area contributed by atoms with Crippen molar-refractivity contribution < 1.29 is 13.9 Å². The number of carbonyl (C=O) groups is 1. The van der Waals surface area contributed by atoms with Crippen LogP contribution in [0.5, 0.6) is 0 Å². The molecular formula is C11H15FN2O2. The Morgan fingerprint density at radius 1 is 1.50 bits per heavy atom. The highest BCUT2D eigenvalue weighted by atomic mass is 19.1. The van der Waals surface area contributed by atoms with Gasteiger partial charge in [-0.25, -0.2) is 9.18 Å². The largest absolute Gasteiger partial charge is 0.450 e. The van der Waals surface area contributed by atoms with E-state index >= 15 is 0 Å². The molecule has 1 rings (SSSR count). The lowest BCUT2D eigenvalue weighted by molar-refractivity contribution is 0.168. The van der Waals surface area contributed by atoms with Crippen LogP contribution in [0.4, 0.5) is 20.6 Å². The third-order valence-electron chi connectivity index (χ3n) is 1.95. The lowest BCUT2D eigenvalue weighted by atomic mass is 10.2. The monoisotopic (exact) mass is 226 g/mol. The minimum absolute atomic E-state index is 0.276. The van der Waals surface area contributed by atoms with Crippen LogP contribution in [0.3, 0.4) is 0 Å². The van der Waals surface area contributed by atoms with Gasteiger partial charge in [0, 0.05) is 14.1 Å². The van der Waals surface area contributed by atoms with Gasteiger partial charge in [-0.2, -0.15) is 0 Å². The first-order valence-electron chi connectivity index (χ1n) is 4.95. The van der Waals surface area contributed by atoms with Crippen LogP contribution in [-0.4, -0.2) is 26.8 Å². The summed E-state index contributed by atoms with van der Waals surface area (Å²) in [6.07, 6.45) is -0.587. The minimum atomic E-state index is -0.587. The van der Waals surface area contributed by atoms with Gasteiger partial charge in [-0.15, -0.1) is 0 Å². The molecule has 0 saturated carbocycles. The molecule has 0 fully saturated rings. The first-order valence-corrected chi connectivity index (χ1v) is 4.95. The van der Waals surface area contributed by atoms with Gasteiger partial charge in [0.1, 0.15) is 5.82 Å². The third-order valence-corrected chi connectivity index (χ3v) is 1.95. The van der Waals surface area contributed by atoms with Gasteiger partial charge in [0.2, 0.25) is 0 Å². The lowest BCUT2D eigenvalue weighted by Crippen LogP contribution is -2.17. The summed E-state index contributed by atoms with van der Waals surface area (Å²) in [5.41, 5.74) is 1.11. The summed E-state index contributed by atoms with van der Waals surface area (Å²) in [6, 6.07) is 4.19. The normalized spacial score (nSPS) is 9.75. The average molecular weight is 226 g/mol. The molecule has 0 radical (unpaired) electrons. The van der Waals surface area contributed by atoms with Gasteiger partial charge < -0.3 is 9.64 Å². The number of amides is 1. The summed E-state index contributed by atoms with van der Waals surface area (Å²) in [7, 11) is 3.62. The highest BCUT2D eigenvalue weighted by molar-refractivity contribution is 5.89. The number of ether oxygens (including phenoxy) is 1. The molecule has 0 aliphatic rings. The Bertz CT molecular complexity index is 380. The SMILES string of the molecule is CCOC(=O)Nc1cc(F)ccc1N(C)C. The van der Waals surface area contributed by atoms with Gasteiger partial charge >= 0.3 is 6.09 Å². The first kappa shape index (κ1) is 12.3. The summed E-state index contributed by atoms with van der Waals surface area (Å²) < 4.78 is 17.8. The maximum Gasteiger partial charge on any atom is 0.411 e. The summed E-state index contributed by atoms with van der Waals surface area (Å²) in [6.45, 7) is 1.98. The fourth-order valence-corrected chi connectivity index (χ4v) is 1.28. The van der Waals surface area contributed by atoms with Crippen molar-refractivity contribution in [3.63, 3.8) is 0 Å². The number of hydrogen-bond acceptors (Lipinski definition) is 3. The fraction of sp³-hybridized carbons (Fsp3) is 0.364. The van der Waals surface area contributed by atoms with E-state index < -0.39 is 11.9 Å². The van der Waals surface area contributed by atoms with Crippen molar-refractivity contribution in [1.82, 2.24) is 0 Å². The summed E-state index contributed by atoms with van der Waals surface area (Å²) >= 11 is 0. The van der Waals surface area contributed by atoms with Gasteiger partial charge in [0.15, 0.2) is 0 Å². The Labute approximate surface area is 94.0 Å². The molecule has 1 amide bonds. The van der Waals surface area contributed by atoms with Crippen molar-refractivity contribution in [3.05, 3.63) is 24.0 Å². The van der Waals surface area contributed by atoms with E-state index in [1.807, 2.05) is 14.1 Å². The first-order chi connectivity index (χ1) is 7.54. The van der Waals surface area contributed by atoms with E-state index in [1.165, 1.54) is 12.1 Å². The van der Waals surface area contributed by atoms with Crippen LogP contribution in [0.2, 0.25) is 0 Å². The van der Waals surface area contributed by atoms with Crippen molar-refractivity contribution in [2.75, 3.05) is 30.9 Å². The molecule has 16 heavy (non-hydrogen) atoms. The summed E-state index contributed by atoms with van der Waals surface area (Å²) in [5.74, 6) is -0.405. The highest BCUT2D eigenvalue weighted by Gasteiger charge is 2.09. The molecule has 0 spiro atoms. The van der Waals surface area contributed by atoms with Gasteiger partial charge in [0.25, 0.3) is 0 Å². The molecule has 0 aliphatic carbocycles. The van der Waals surface area contributed by atoms with Gasteiger partial charge in [-0.1, -0.05) is 0 Å². The second-order valence-electron chi connectivity index (χ2n) is 3.40. The van der Waals surface area contributed by atoms with Gasteiger partial charge in [0.05, 0.1) is 18.0 Å². The zero-order valence-electron chi connectivity index (χ0n) is 9.58.